The number of rotatable bonds is 3. The van der Waals surface area contributed by atoms with Crippen LogP contribution in [-0.4, -0.2) is 15.6 Å². The quantitative estimate of drug-likeness (QED) is 0.405. The molecule has 0 N–H and O–H groups in total. The van der Waals surface area contributed by atoms with E-state index in [1.165, 1.54) is 6.07 Å². The maximum Gasteiger partial charge on any atom is 0.269 e. The Bertz CT molecular complexity index is 1180. The first-order valence-electron chi connectivity index (χ1n) is 9.61. The minimum absolute atomic E-state index is 0.0160. The van der Waals surface area contributed by atoms with E-state index in [1.54, 1.807) is 18.2 Å². The van der Waals surface area contributed by atoms with Gasteiger partial charge in [0.2, 0.25) is 5.72 Å². The largest absolute Gasteiger partial charge is 0.462 e. The van der Waals surface area contributed by atoms with Crippen molar-refractivity contribution in [3.63, 3.8) is 0 Å². The highest BCUT2D eigenvalue weighted by atomic mass is 35.5. The highest BCUT2D eigenvalue weighted by Gasteiger charge is 2.49. The van der Waals surface area contributed by atoms with E-state index in [0.29, 0.717) is 22.8 Å². The van der Waals surface area contributed by atoms with Crippen molar-refractivity contribution < 1.29 is 9.66 Å². The average molecular weight is 420 g/mol. The molecule has 0 radical (unpaired) electrons. The number of nitrogens with zero attached hydrogens (tertiary/aromatic N) is 3. The van der Waals surface area contributed by atoms with Gasteiger partial charge in [0.25, 0.3) is 5.69 Å². The Balaban J connectivity index is 1.67. The molecule has 7 heteroatoms. The van der Waals surface area contributed by atoms with Crippen LogP contribution >= 0.6 is 11.6 Å². The van der Waals surface area contributed by atoms with Gasteiger partial charge in [0.1, 0.15) is 5.75 Å². The Morgan fingerprint density at radius 1 is 1.13 bits per heavy atom. The van der Waals surface area contributed by atoms with Crippen molar-refractivity contribution in [3.8, 4) is 5.75 Å². The second-order valence-electron chi connectivity index (χ2n) is 7.55. The summed E-state index contributed by atoms with van der Waals surface area (Å²) in [4.78, 5) is 11.0. The molecule has 0 amide bonds. The molecule has 6 nitrogen and oxygen atoms in total. The van der Waals surface area contributed by atoms with Crippen molar-refractivity contribution >= 4 is 23.0 Å². The Morgan fingerprint density at radius 3 is 2.70 bits per heavy atom. The highest BCUT2D eigenvalue weighted by Crippen LogP contribution is 2.51. The summed E-state index contributed by atoms with van der Waals surface area (Å²) in [6.45, 7) is 1.90. The molecule has 0 saturated heterocycles. The predicted octanol–water partition coefficient (Wildman–Crippen LogP) is 5.66. The molecule has 0 aromatic heterocycles. The molecule has 150 valence electrons. The van der Waals surface area contributed by atoms with Crippen molar-refractivity contribution in [1.82, 2.24) is 5.01 Å². The maximum absolute atomic E-state index is 11.3. The third kappa shape index (κ3) is 2.92. The number of halogens is 1. The lowest BCUT2D eigenvalue weighted by atomic mass is 9.92. The third-order valence-corrected chi connectivity index (χ3v) is 5.92. The molecule has 0 saturated carbocycles. The van der Waals surface area contributed by atoms with E-state index in [0.717, 1.165) is 16.8 Å². The molecule has 0 unspecified atom stereocenters. The normalized spacial score (nSPS) is 22.0. The molecule has 2 heterocycles. The number of benzene rings is 3. The number of nitro benzene ring substituents is 1. The van der Waals surface area contributed by atoms with Crippen LogP contribution in [0.1, 0.15) is 36.1 Å². The Labute approximate surface area is 178 Å². The van der Waals surface area contributed by atoms with Crippen molar-refractivity contribution in [1.29, 1.82) is 0 Å². The maximum atomic E-state index is 11.3. The van der Waals surface area contributed by atoms with Gasteiger partial charge in [-0.25, -0.2) is 5.01 Å². The van der Waals surface area contributed by atoms with E-state index in [-0.39, 0.29) is 11.7 Å². The molecule has 0 bridgehead atoms. The first-order chi connectivity index (χ1) is 14.5. The summed E-state index contributed by atoms with van der Waals surface area (Å²) < 4.78 is 6.43. The molecule has 0 spiro atoms. The van der Waals surface area contributed by atoms with E-state index in [2.05, 4.69) is 0 Å². The Kier molecular flexibility index (Phi) is 4.25. The standard InChI is InChI=1S/C23H18ClN3O3/c1-23(16-8-5-9-18(12-16)27(28)29)26-21(19-13-17(24)10-11-22(19)30-23)14-20(25-26)15-6-3-2-4-7-15/h2-13,21H,14H2,1H3/t21-,23+/m0/s1. The predicted molar refractivity (Wildman–Crippen MR) is 115 cm³/mol. The third-order valence-electron chi connectivity index (χ3n) is 5.69. The van der Waals surface area contributed by atoms with Crippen LogP contribution < -0.4 is 4.74 Å². The first kappa shape index (κ1) is 18.6. The lowest BCUT2D eigenvalue weighted by Crippen LogP contribution is -2.48. The molecular formula is C23H18ClN3O3. The number of non-ortho nitro benzene ring substituents is 1. The Morgan fingerprint density at radius 2 is 1.93 bits per heavy atom. The highest BCUT2D eigenvalue weighted by molar-refractivity contribution is 6.30. The number of ether oxygens (including phenoxy) is 1. The number of hydrogen-bond donors (Lipinski definition) is 0. The smallest absolute Gasteiger partial charge is 0.269 e. The summed E-state index contributed by atoms with van der Waals surface area (Å²) in [5.74, 6) is 0.708. The summed E-state index contributed by atoms with van der Waals surface area (Å²) in [6.07, 6.45) is 0.686. The lowest BCUT2D eigenvalue weighted by molar-refractivity contribution is -0.385. The zero-order chi connectivity index (χ0) is 20.9. The van der Waals surface area contributed by atoms with Gasteiger partial charge in [-0.15, -0.1) is 0 Å². The Hall–Kier alpha value is -3.38. The molecule has 2 aliphatic rings. The van der Waals surface area contributed by atoms with Crippen molar-refractivity contribution in [2.75, 3.05) is 0 Å². The summed E-state index contributed by atoms with van der Waals surface area (Å²) >= 11 is 6.28. The van der Waals surface area contributed by atoms with Gasteiger partial charge in [-0.1, -0.05) is 54.1 Å². The summed E-state index contributed by atoms with van der Waals surface area (Å²) in [5, 5.41) is 18.8. The molecular weight excluding hydrogens is 402 g/mol. The van der Waals surface area contributed by atoms with Crippen LogP contribution in [0.15, 0.2) is 77.9 Å². The van der Waals surface area contributed by atoms with Gasteiger partial charge in [-0.2, -0.15) is 5.10 Å². The van der Waals surface area contributed by atoms with Crippen LogP contribution in [0.4, 0.5) is 5.69 Å². The number of hydrogen-bond acceptors (Lipinski definition) is 5. The van der Waals surface area contributed by atoms with Crippen molar-refractivity contribution in [3.05, 3.63) is 105 Å². The fourth-order valence-electron chi connectivity index (χ4n) is 4.18. The van der Waals surface area contributed by atoms with Crippen LogP contribution in [0.5, 0.6) is 5.75 Å². The van der Waals surface area contributed by atoms with E-state index in [1.807, 2.05) is 60.5 Å². The molecule has 3 aromatic rings. The molecule has 5 rings (SSSR count). The van der Waals surface area contributed by atoms with E-state index >= 15 is 0 Å². The molecule has 3 aromatic carbocycles. The van der Waals surface area contributed by atoms with Gasteiger partial charge in [0.05, 0.1) is 16.7 Å². The SMILES string of the molecule is C[C@]1(c2cccc([N+](=O)[O-])c2)Oc2ccc(Cl)cc2[C@@H]2CC(c3ccccc3)=NN21. The molecule has 0 fully saturated rings. The summed E-state index contributed by atoms with van der Waals surface area (Å²) in [5.41, 5.74) is 2.61. The van der Waals surface area contributed by atoms with Crippen LogP contribution in [0.2, 0.25) is 5.02 Å². The zero-order valence-corrected chi connectivity index (χ0v) is 16.9. The second kappa shape index (κ2) is 6.85. The van der Waals surface area contributed by atoms with Crippen molar-refractivity contribution in [2.24, 2.45) is 5.10 Å². The fourth-order valence-corrected chi connectivity index (χ4v) is 4.36. The van der Waals surface area contributed by atoms with Crippen LogP contribution in [0.3, 0.4) is 0 Å². The van der Waals surface area contributed by atoms with E-state index in [4.69, 9.17) is 21.4 Å². The van der Waals surface area contributed by atoms with Gasteiger partial charge < -0.3 is 4.74 Å². The van der Waals surface area contributed by atoms with Crippen LogP contribution in [-0.2, 0) is 5.72 Å². The molecule has 0 aliphatic carbocycles. The van der Waals surface area contributed by atoms with Crippen molar-refractivity contribution in [2.45, 2.75) is 25.1 Å². The zero-order valence-electron chi connectivity index (χ0n) is 16.2. The fraction of sp³-hybridized carbons (Fsp3) is 0.174. The van der Waals surface area contributed by atoms with E-state index in [9.17, 15) is 10.1 Å². The van der Waals surface area contributed by atoms with Gasteiger partial charge in [0.15, 0.2) is 0 Å². The second-order valence-corrected chi connectivity index (χ2v) is 7.99. The molecule has 2 aliphatic heterocycles. The average Bonchev–Trinajstić information content (AvgIpc) is 3.22. The minimum Gasteiger partial charge on any atom is -0.462 e. The van der Waals surface area contributed by atoms with E-state index < -0.39 is 10.6 Å². The minimum atomic E-state index is -1.01. The first-order valence-corrected chi connectivity index (χ1v) is 9.99. The molecule has 30 heavy (non-hydrogen) atoms. The van der Waals surface area contributed by atoms with Gasteiger partial charge in [-0.05, 0) is 23.8 Å². The topological polar surface area (TPSA) is 68.0 Å². The summed E-state index contributed by atoms with van der Waals surface area (Å²) in [7, 11) is 0. The molecule has 2 atom stereocenters. The number of nitro groups is 1. The van der Waals surface area contributed by atoms with Crippen LogP contribution in [0, 0.1) is 10.1 Å². The van der Waals surface area contributed by atoms with Gasteiger partial charge >= 0.3 is 0 Å². The monoisotopic (exact) mass is 419 g/mol. The number of fused-ring (bicyclic) bond motifs is 3. The van der Waals surface area contributed by atoms with Gasteiger partial charge in [-0.3, -0.25) is 10.1 Å². The lowest BCUT2D eigenvalue weighted by Gasteiger charge is -2.45. The summed E-state index contributed by atoms with van der Waals surface area (Å²) in [6, 6.07) is 22.0. The van der Waals surface area contributed by atoms with Crippen LogP contribution in [0.25, 0.3) is 0 Å². The van der Waals surface area contributed by atoms with Gasteiger partial charge in [0, 0.05) is 41.6 Å². The number of hydrazone groups is 1.